The SMILES string of the molecule is Cc1onc2c1c(=O)n(C1CCCN(C(=O)O)C1)c1cccc(Cl)c21. The summed E-state index contributed by atoms with van der Waals surface area (Å²) >= 11 is 6.39. The molecule has 4 rings (SSSR count). The molecule has 1 amide bonds. The number of carboxylic acid groups (broad SMARTS) is 1. The molecular weight excluding hydrogens is 346 g/mol. The zero-order valence-electron chi connectivity index (χ0n) is 13.5. The number of aryl methyl sites for hydroxylation is 1. The van der Waals surface area contributed by atoms with Gasteiger partial charge in [-0.3, -0.25) is 4.79 Å². The van der Waals surface area contributed by atoms with Crippen molar-refractivity contribution < 1.29 is 14.4 Å². The number of aromatic nitrogens is 2. The van der Waals surface area contributed by atoms with Crippen molar-refractivity contribution in [2.75, 3.05) is 13.1 Å². The Morgan fingerprint density at radius 1 is 1.40 bits per heavy atom. The van der Waals surface area contributed by atoms with Crippen LogP contribution in [0.25, 0.3) is 21.8 Å². The van der Waals surface area contributed by atoms with Gasteiger partial charge in [0.2, 0.25) is 0 Å². The molecule has 25 heavy (non-hydrogen) atoms. The second-order valence-electron chi connectivity index (χ2n) is 6.30. The van der Waals surface area contributed by atoms with E-state index < -0.39 is 6.09 Å². The Morgan fingerprint density at radius 2 is 2.20 bits per heavy atom. The van der Waals surface area contributed by atoms with Crippen molar-refractivity contribution in [3.05, 3.63) is 39.3 Å². The van der Waals surface area contributed by atoms with E-state index in [1.54, 1.807) is 23.6 Å². The van der Waals surface area contributed by atoms with Crippen molar-refractivity contribution in [3.8, 4) is 0 Å². The van der Waals surface area contributed by atoms with Crippen molar-refractivity contribution in [2.45, 2.75) is 25.8 Å². The van der Waals surface area contributed by atoms with Crippen molar-refractivity contribution in [3.63, 3.8) is 0 Å². The number of amides is 1. The van der Waals surface area contributed by atoms with Gasteiger partial charge >= 0.3 is 6.09 Å². The van der Waals surface area contributed by atoms with Crippen molar-refractivity contribution >= 4 is 39.5 Å². The van der Waals surface area contributed by atoms with Crippen LogP contribution in [0, 0.1) is 6.92 Å². The van der Waals surface area contributed by atoms with Gasteiger partial charge in [0.1, 0.15) is 16.7 Å². The van der Waals surface area contributed by atoms with Gasteiger partial charge < -0.3 is 19.1 Å². The Labute approximate surface area is 147 Å². The van der Waals surface area contributed by atoms with E-state index in [-0.39, 0.29) is 18.1 Å². The maximum Gasteiger partial charge on any atom is 0.407 e. The third kappa shape index (κ3) is 2.38. The number of rotatable bonds is 1. The summed E-state index contributed by atoms with van der Waals surface area (Å²) in [6.07, 6.45) is 0.454. The summed E-state index contributed by atoms with van der Waals surface area (Å²) < 4.78 is 6.89. The fraction of sp³-hybridized carbons (Fsp3) is 0.353. The van der Waals surface area contributed by atoms with Gasteiger partial charge in [0.25, 0.3) is 5.56 Å². The molecule has 1 fully saturated rings. The Balaban J connectivity index is 2.03. The highest BCUT2D eigenvalue weighted by atomic mass is 35.5. The standard InChI is InChI=1S/C17H16ClN3O4/c1-9-13-15(19-25-9)14-11(18)5-2-6-12(14)21(16(13)22)10-4-3-7-20(8-10)17(23)24/h2,5-6,10H,3-4,7-8H2,1H3,(H,23,24). The van der Waals surface area contributed by atoms with Gasteiger partial charge in [-0.1, -0.05) is 22.8 Å². The van der Waals surface area contributed by atoms with Crippen LogP contribution in [0.15, 0.2) is 27.5 Å². The number of piperidine rings is 1. The fourth-order valence-electron chi connectivity index (χ4n) is 3.67. The lowest BCUT2D eigenvalue weighted by atomic mass is 10.0. The molecule has 0 radical (unpaired) electrons. The molecule has 1 aromatic carbocycles. The first-order chi connectivity index (χ1) is 12.0. The van der Waals surface area contributed by atoms with Crippen LogP contribution in [0.3, 0.4) is 0 Å². The van der Waals surface area contributed by atoms with Crippen LogP contribution in [0.1, 0.15) is 24.6 Å². The van der Waals surface area contributed by atoms with Crippen LogP contribution >= 0.6 is 11.6 Å². The molecule has 8 heteroatoms. The number of carbonyl (C=O) groups is 1. The molecule has 1 aliphatic rings. The third-order valence-electron chi connectivity index (χ3n) is 4.82. The summed E-state index contributed by atoms with van der Waals surface area (Å²) in [7, 11) is 0. The minimum Gasteiger partial charge on any atom is -0.465 e. The average molecular weight is 362 g/mol. The molecule has 2 aromatic heterocycles. The molecule has 3 aromatic rings. The summed E-state index contributed by atoms with van der Waals surface area (Å²) in [5, 5.41) is 14.9. The lowest BCUT2D eigenvalue weighted by Gasteiger charge is -2.32. The quantitative estimate of drug-likeness (QED) is 0.717. The lowest BCUT2D eigenvalue weighted by molar-refractivity contribution is 0.122. The van der Waals surface area contributed by atoms with E-state index in [4.69, 9.17) is 16.1 Å². The van der Waals surface area contributed by atoms with Crippen molar-refractivity contribution in [2.24, 2.45) is 0 Å². The number of likely N-dealkylation sites (tertiary alicyclic amines) is 1. The first kappa shape index (κ1) is 16.0. The molecule has 1 unspecified atom stereocenters. The van der Waals surface area contributed by atoms with E-state index in [1.165, 1.54) is 4.90 Å². The molecule has 0 saturated carbocycles. The molecule has 1 N–H and O–H groups in total. The van der Waals surface area contributed by atoms with Gasteiger partial charge in [-0.2, -0.15) is 0 Å². The number of hydrogen-bond acceptors (Lipinski definition) is 4. The van der Waals surface area contributed by atoms with E-state index >= 15 is 0 Å². The Morgan fingerprint density at radius 3 is 2.96 bits per heavy atom. The van der Waals surface area contributed by atoms with Crippen molar-refractivity contribution in [1.82, 2.24) is 14.6 Å². The van der Waals surface area contributed by atoms with Crippen LogP contribution in [0.5, 0.6) is 0 Å². The molecule has 1 saturated heterocycles. The molecule has 7 nitrogen and oxygen atoms in total. The fourth-order valence-corrected chi connectivity index (χ4v) is 3.93. The van der Waals surface area contributed by atoms with E-state index in [0.717, 1.165) is 6.42 Å². The van der Waals surface area contributed by atoms with Gasteiger partial charge in [0.05, 0.1) is 16.6 Å². The normalized spacial score (nSPS) is 18.2. The van der Waals surface area contributed by atoms with Gasteiger partial charge in [0, 0.05) is 18.5 Å². The second-order valence-corrected chi connectivity index (χ2v) is 6.70. The maximum atomic E-state index is 13.2. The van der Waals surface area contributed by atoms with Crippen molar-refractivity contribution in [1.29, 1.82) is 0 Å². The van der Waals surface area contributed by atoms with E-state index in [0.29, 0.717) is 45.6 Å². The van der Waals surface area contributed by atoms with Crippen LogP contribution in [-0.2, 0) is 0 Å². The second kappa shape index (κ2) is 5.77. The minimum absolute atomic E-state index is 0.222. The number of halogens is 1. The predicted molar refractivity (Wildman–Crippen MR) is 93.4 cm³/mol. The Hall–Kier alpha value is -2.54. The minimum atomic E-state index is -0.970. The molecular formula is C17H16ClN3O4. The van der Waals surface area contributed by atoms with Gasteiger partial charge in [-0.05, 0) is 31.9 Å². The number of hydrogen-bond donors (Lipinski definition) is 1. The maximum absolute atomic E-state index is 13.2. The number of fused-ring (bicyclic) bond motifs is 3. The number of nitrogens with zero attached hydrogens (tertiary/aromatic N) is 3. The molecule has 0 aliphatic carbocycles. The van der Waals surface area contributed by atoms with Crippen LogP contribution in [-0.4, -0.2) is 38.9 Å². The summed E-state index contributed by atoms with van der Waals surface area (Å²) in [5.74, 6) is 0.432. The molecule has 0 bridgehead atoms. The molecule has 3 heterocycles. The lowest BCUT2D eigenvalue weighted by Crippen LogP contribution is -2.42. The summed E-state index contributed by atoms with van der Waals surface area (Å²) in [4.78, 5) is 25.9. The predicted octanol–water partition coefficient (Wildman–Crippen LogP) is 3.42. The third-order valence-corrected chi connectivity index (χ3v) is 5.13. The molecule has 130 valence electrons. The van der Waals surface area contributed by atoms with Gasteiger partial charge in [-0.15, -0.1) is 0 Å². The summed E-state index contributed by atoms with van der Waals surface area (Å²) in [6, 6.07) is 5.08. The Bertz CT molecular complexity index is 1060. The zero-order valence-corrected chi connectivity index (χ0v) is 14.3. The van der Waals surface area contributed by atoms with Crippen LogP contribution in [0.4, 0.5) is 4.79 Å². The van der Waals surface area contributed by atoms with Gasteiger partial charge in [-0.25, -0.2) is 4.79 Å². The van der Waals surface area contributed by atoms with Crippen LogP contribution < -0.4 is 5.56 Å². The number of benzene rings is 1. The average Bonchev–Trinajstić information content (AvgIpc) is 2.97. The highest BCUT2D eigenvalue weighted by Crippen LogP contribution is 2.33. The number of pyridine rings is 1. The van der Waals surface area contributed by atoms with E-state index in [2.05, 4.69) is 5.16 Å². The largest absolute Gasteiger partial charge is 0.465 e. The Kier molecular flexibility index (Phi) is 3.68. The zero-order chi connectivity index (χ0) is 17.7. The van der Waals surface area contributed by atoms with Gasteiger partial charge in [0.15, 0.2) is 0 Å². The highest BCUT2D eigenvalue weighted by Gasteiger charge is 2.28. The van der Waals surface area contributed by atoms with E-state index in [1.807, 2.05) is 6.07 Å². The highest BCUT2D eigenvalue weighted by molar-refractivity contribution is 6.37. The smallest absolute Gasteiger partial charge is 0.407 e. The monoisotopic (exact) mass is 361 g/mol. The summed E-state index contributed by atoms with van der Waals surface area (Å²) in [5.41, 5.74) is 0.876. The molecule has 1 aliphatic heterocycles. The first-order valence-corrected chi connectivity index (χ1v) is 8.43. The first-order valence-electron chi connectivity index (χ1n) is 8.05. The van der Waals surface area contributed by atoms with Crippen LogP contribution in [0.2, 0.25) is 5.02 Å². The molecule has 0 spiro atoms. The molecule has 1 atom stereocenters. The topological polar surface area (TPSA) is 88.6 Å². The van der Waals surface area contributed by atoms with E-state index in [9.17, 15) is 14.7 Å². The summed E-state index contributed by atoms with van der Waals surface area (Å²) in [6.45, 7) is 2.44.